The van der Waals surface area contributed by atoms with Crippen LogP contribution in [-0.4, -0.2) is 34.4 Å². The normalized spacial score (nSPS) is 19.6. The maximum Gasteiger partial charge on any atom is 0.224 e. The van der Waals surface area contributed by atoms with Crippen LogP contribution in [0.4, 0.5) is 0 Å². The van der Waals surface area contributed by atoms with Crippen molar-refractivity contribution in [1.82, 2.24) is 15.5 Å². The first-order valence-electron chi connectivity index (χ1n) is 8.57. The van der Waals surface area contributed by atoms with Gasteiger partial charge in [0.2, 0.25) is 5.91 Å². The second-order valence-corrected chi connectivity index (χ2v) is 7.66. The van der Waals surface area contributed by atoms with E-state index in [9.17, 15) is 4.79 Å². The second-order valence-electron chi connectivity index (χ2n) is 7.22. The molecular weight excluding hydrogens is 338 g/mol. The van der Waals surface area contributed by atoms with Gasteiger partial charge in [-0.3, -0.25) is 9.89 Å². The third kappa shape index (κ3) is 4.41. The third-order valence-corrected chi connectivity index (χ3v) is 4.84. The molecule has 0 aliphatic carbocycles. The summed E-state index contributed by atoms with van der Waals surface area (Å²) in [6, 6.07) is 7.65. The smallest absolute Gasteiger partial charge is 0.224 e. The maximum atomic E-state index is 12.6. The predicted molar refractivity (Wildman–Crippen MR) is 98.7 cm³/mol. The number of nitrogens with one attached hydrogen (secondary N) is 2. The zero-order chi connectivity index (χ0) is 18.0. The molecule has 2 heterocycles. The average molecular weight is 362 g/mol. The van der Waals surface area contributed by atoms with Gasteiger partial charge < -0.3 is 10.1 Å². The number of H-pyrrole nitrogens is 1. The molecule has 5 nitrogen and oxygen atoms in total. The number of halogens is 1. The van der Waals surface area contributed by atoms with E-state index in [2.05, 4.69) is 29.4 Å². The number of aromatic nitrogens is 2. The fourth-order valence-corrected chi connectivity index (χ4v) is 3.44. The van der Waals surface area contributed by atoms with E-state index in [0.29, 0.717) is 18.1 Å². The van der Waals surface area contributed by atoms with E-state index in [-0.39, 0.29) is 17.6 Å². The molecule has 0 bridgehead atoms. The Balaban J connectivity index is 1.71. The molecule has 1 atom stereocenters. The zero-order valence-electron chi connectivity index (χ0n) is 14.9. The van der Waals surface area contributed by atoms with Gasteiger partial charge in [-0.1, -0.05) is 23.7 Å². The van der Waals surface area contributed by atoms with Crippen LogP contribution in [0, 0.1) is 6.92 Å². The van der Waals surface area contributed by atoms with Crippen molar-refractivity contribution in [2.45, 2.75) is 51.7 Å². The van der Waals surface area contributed by atoms with Gasteiger partial charge in [-0.05, 0) is 45.7 Å². The van der Waals surface area contributed by atoms with Gasteiger partial charge in [0, 0.05) is 34.5 Å². The van der Waals surface area contributed by atoms with E-state index in [1.165, 1.54) is 0 Å². The number of rotatable bonds is 4. The lowest BCUT2D eigenvalue weighted by Crippen LogP contribution is -2.46. The van der Waals surface area contributed by atoms with E-state index in [1.807, 2.05) is 31.2 Å². The summed E-state index contributed by atoms with van der Waals surface area (Å²) in [6.45, 7) is 6.74. The quantitative estimate of drug-likeness (QED) is 0.873. The van der Waals surface area contributed by atoms with Crippen molar-refractivity contribution in [3.63, 3.8) is 0 Å². The Morgan fingerprint density at radius 2 is 2.12 bits per heavy atom. The predicted octanol–water partition coefficient (Wildman–Crippen LogP) is 3.65. The molecule has 1 amide bonds. The number of aryl methyl sites for hydroxylation is 1. The van der Waals surface area contributed by atoms with E-state index < -0.39 is 0 Å². The van der Waals surface area contributed by atoms with Crippen LogP contribution in [0.25, 0.3) is 11.3 Å². The molecule has 25 heavy (non-hydrogen) atoms. The minimum absolute atomic E-state index is 0.0161. The molecule has 1 aromatic carbocycles. The number of carbonyl (C=O) groups is 1. The second kappa shape index (κ2) is 7.18. The van der Waals surface area contributed by atoms with E-state index >= 15 is 0 Å². The lowest BCUT2D eigenvalue weighted by Gasteiger charge is -2.35. The van der Waals surface area contributed by atoms with Gasteiger partial charge in [0.05, 0.1) is 17.7 Å². The lowest BCUT2D eigenvalue weighted by molar-refractivity contribution is -0.123. The van der Waals surface area contributed by atoms with Gasteiger partial charge in [-0.2, -0.15) is 5.10 Å². The van der Waals surface area contributed by atoms with Crippen molar-refractivity contribution in [2.24, 2.45) is 0 Å². The summed E-state index contributed by atoms with van der Waals surface area (Å²) < 4.78 is 5.71. The number of nitrogens with zero attached hydrogens (tertiary/aromatic N) is 1. The molecule has 0 unspecified atom stereocenters. The van der Waals surface area contributed by atoms with Crippen molar-refractivity contribution >= 4 is 17.5 Å². The molecule has 0 radical (unpaired) electrons. The van der Waals surface area contributed by atoms with Crippen LogP contribution in [-0.2, 0) is 16.0 Å². The third-order valence-electron chi connectivity index (χ3n) is 4.59. The maximum absolute atomic E-state index is 12.6. The van der Waals surface area contributed by atoms with E-state index in [1.54, 1.807) is 0 Å². The highest BCUT2D eigenvalue weighted by Crippen LogP contribution is 2.26. The molecule has 3 rings (SSSR count). The summed E-state index contributed by atoms with van der Waals surface area (Å²) in [5.41, 5.74) is 3.40. The Morgan fingerprint density at radius 1 is 1.40 bits per heavy atom. The molecule has 2 aromatic rings. The molecule has 6 heteroatoms. The molecule has 2 N–H and O–H groups in total. The summed E-state index contributed by atoms with van der Waals surface area (Å²) in [6.07, 6.45) is 1.98. The summed E-state index contributed by atoms with van der Waals surface area (Å²) in [7, 11) is 0. The van der Waals surface area contributed by atoms with E-state index in [4.69, 9.17) is 16.3 Å². The minimum atomic E-state index is -0.184. The van der Waals surface area contributed by atoms with Crippen LogP contribution in [0.3, 0.4) is 0 Å². The molecule has 1 saturated heterocycles. The summed E-state index contributed by atoms with van der Waals surface area (Å²) >= 11 is 5.96. The zero-order valence-corrected chi connectivity index (χ0v) is 15.6. The molecule has 134 valence electrons. The molecule has 1 fully saturated rings. The fourth-order valence-electron chi connectivity index (χ4n) is 3.31. The molecule has 1 aromatic heterocycles. The number of benzene rings is 1. The Kier molecular flexibility index (Phi) is 5.16. The summed E-state index contributed by atoms with van der Waals surface area (Å²) in [5, 5.41) is 11.2. The molecule has 0 spiro atoms. The highest BCUT2D eigenvalue weighted by Gasteiger charge is 2.30. The van der Waals surface area contributed by atoms with Crippen molar-refractivity contribution < 1.29 is 9.53 Å². The number of aromatic amines is 1. The Labute approximate surface area is 153 Å². The SMILES string of the molecule is Cc1[nH]nc(-c2ccc(Cl)cc2)c1CC(=O)N[C@H]1CCOC(C)(C)C1. The van der Waals surface area contributed by atoms with Crippen molar-refractivity contribution in [3.8, 4) is 11.3 Å². The Hall–Kier alpha value is -1.85. The van der Waals surface area contributed by atoms with Crippen LogP contribution < -0.4 is 5.32 Å². The number of hydrogen-bond donors (Lipinski definition) is 2. The van der Waals surface area contributed by atoms with Gasteiger partial charge in [0.25, 0.3) is 0 Å². The Morgan fingerprint density at radius 3 is 2.80 bits per heavy atom. The first-order valence-corrected chi connectivity index (χ1v) is 8.95. The minimum Gasteiger partial charge on any atom is -0.375 e. The van der Waals surface area contributed by atoms with Gasteiger partial charge in [-0.25, -0.2) is 0 Å². The largest absolute Gasteiger partial charge is 0.375 e. The van der Waals surface area contributed by atoms with Crippen LogP contribution in [0.15, 0.2) is 24.3 Å². The summed E-state index contributed by atoms with van der Waals surface area (Å²) in [5.74, 6) is 0.0161. The fraction of sp³-hybridized carbons (Fsp3) is 0.474. The van der Waals surface area contributed by atoms with Gasteiger partial charge >= 0.3 is 0 Å². The van der Waals surface area contributed by atoms with Crippen molar-refractivity contribution in [1.29, 1.82) is 0 Å². The number of ether oxygens (including phenoxy) is 1. The number of amides is 1. The molecular formula is C19H24ClN3O2. The monoisotopic (exact) mass is 361 g/mol. The van der Waals surface area contributed by atoms with E-state index in [0.717, 1.165) is 35.4 Å². The lowest BCUT2D eigenvalue weighted by atomic mass is 9.93. The Bertz CT molecular complexity index is 753. The van der Waals surface area contributed by atoms with Gasteiger partial charge in [-0.15, -0.1) is 0 Å². The van der Waals surface area contributed by atoms with Crippen LogP contribution >= 0.6 is 11.6 Å². The molecule has 1 aliphatic heterocycles. The highest BCUT2D eigenvalue weighted by molar-refractivity contribution is 6.30. The van der Waals surface area contributed by atoms with Crippen LogP contribution in [0.1, 0.15) is 37.9 Å². The first-order chi connectivity index (χ1) is 11.8. The standard InChI is InChI=1S/C19H24ClN3O2/c1-12-16(18(23-22-12)13-4-6-14(20)7-5-13)10-17(24)21-15-8-9-25-19(2,3)11-15/h4-7,15H,8-11H2,1-3H3,(H,21,24)(H,22,23)/t15-/m0/s1. The molecule has 0 saturated carbocycles. The van der Waals surface area contributed by atoms with Gasteiger partial charge in [0.15, 0.2) is 0 Å². The first kappa shape index (κ1) is 18.0. The van der Waals surface area contributed by atoms with Crippen LogP contribution in [0.2, 0.25) is 5.02 Å². The summed E-state index contributed by atoms with van der Waals surface area (Å²) in [4.78, 5) is 12.6. The van der Waals surface area contributed by atoms with Crippen LogP contribution in [0.5, 0.6) is 0 Å². The van der Waals surface area contributed by atoms with Crippen molar-refractivity contribution in [3.05, 3.63) is 40.5 Å². The number of carbonyl (C=O) groups excluding carboxylic acids is 1. The topological polar surface area (TPSA) is 67.0 Å². The number of hydrogen-bond acceptors (Lipinski definition) is 3. The van der Waals surface area contributed by atoms with Crippen molar-refractivity contribution in [2.75, 3.05) is 6.61 Å². The highest BCUT2D eigenvalue weighted by atomic mass is 35.5. The van der Waals surface area contributed by atoms with Gasteiger partial charge in [0.1, 0.15) is 0 Å². The average Bonchev–Trinajstić information content (AvgIpc) is 2.88. The molecule has 1 aliphatic rings.